The molecule has 1 aromatic heterocycles. The normalized spacial score (nSPS) is 10.8. The number of rotatable bonds is 5. The second-order valence-electron chi connectivity index (χ2n) is 4.38. The quantitative estimate of drug-likeness (QED) is 0.887. The molecule has 0 unspecified atom stereocenters. The Morgan fingerprint density at radius 2 is 2.20 bits per heavy atom. The molecule has 0 saturated heterocycles. The molecule has 0 amide bonds. The van der Waals surface area contributed by atoms with Gasteiger partial charge in [-0.2, -0.15) is 5.10 Å². The number of ether oxygens (including phenoxy) is 1. The van der Waals surface area contributed by atoms with Crippen molar-refractivity contribution in [1.29, 1.82) is 0 Å². The summed E-state index contributed by atoms with van der Waals surface area (Å²) in [5.41, 5.74) is 8.39. The maximum Gasteiger partial charge on any atom is 0.138 e. The molecule has 0 radical (unpaired) electrons. The highest BCUT2D eigenvalue weighted by Gasteiger charge is 2.14. The van der Waals surface area contributed by atoms with Gasteiger partial charge in [0.2, 0.25) is 0 Å². The smallest absolute Gasteiger partial charge is 0.138 e. The third-order valence-corrected chi connectivity index (χ3v) is 4.19. The lowest BCUT2D eigenvalue weighted by Gasteiger charge is -2.13. The monoisotopic (exact) mass is 357 g/mol. The van der Waals surface area contributed by atoms with Crippen LogP contribution >= 0.6 is 27.5 Å². The van der Waals surface area contributed by atoms with E-state index in [0.29, 0.717) is 18.2 Å². The van der Waals surface area contributed by atoms with Crippen molar-refractivity contribution in [3.05, 3.63) is 44.6 Å². The number of aryl methyl sites for hydroxylation is 2. The highest BCUT2D eigenvalue weighted by molar-refractivity contribution is 9.10. The van der Waals surface area contributed by atoms with Gasteiger partial charge in [0.1, 0.15) is 12.4 Å². The minimum atomic E-state index is 0.364. The molecular formula is C14H17BrClN3O. The summed E-state index contributed by atoms with van der Waals surface area (Å²) in [6, 6.07) is 5.81. The summed E-state index contributed by atoms with van der Waals surface area (Å²) in [5, 5.41) is 5.03. The average Bonchev–Trinajstić information content (AvgIpc) is 2.72. The average molecular weight is 359 g/mol. The van der Waals surface area contributed by atoms with E-state index in [1.54, 1.807) is 0 Å². The first-order valence-corrected chi connectivity index (χ1v) is 7.57. The summed E-state index contributed by atoms with van der Waals surface area (Å²) in [6.07, 6.45) is 0. The van der Waals surface area contributed by atoms with Gasteiger partial charge in [0.25, 0.3) is 0 Å². The molecule has 2 aromatic rings. The number of nitrogens with zero attached hydrogens (tertiary/aromatic N) is 2. The van der Waals surface area contributed by atoms with Gasteiger partial charge in [-0.15, -0.1) is 0 Å². The molecule has 6 heteroatoms. The summed E-state index contributed by atoms with van der Waals surface area (Å²) >= 11 is 9.76. The minimum absolute atomic E-state index is 0.364. The first-order chi connectivity index (χ1) is 9.58. The van der Waals surface area contributed by atoms with E-state index in [0.717, 1.165) is 33.7 Å². The van der Waals surface area contributed by atoms with Crippen molar-refractivity contribution in [3.63, 3.8) is 0 Å². The summed E-state index contributed by atoms with van der Waals surface area (Å²) in [7, 11) is 0. The van der Waals surface area contributed by atoms with Gasteiger partial charge in [-0.05, 0) is 35.8 Å². The highest BCUT2D eigenvalue weighted by atomic mass is 79.9. The number of aromatic nitrogens is 2. The highest BCUT2D eigenvalue weighted by Crippen LogP contribution is 2.30. The molecule has 1 heterocycles. The second-order valence-corrected chi connectivity index (χ2v) is 5.62. The van der Waals surface area contributed by atoms with Crippen molar-refractivity contribution in [3.8, 4) is 5.75 Å². The van der Waals surface area contributed by atoms with Crippen molar-refractivity contribution in [1.82, 2.24) is 9.78 Å². The Morgan fingerprint density at radius 3 is 2.85 bits per heavy atom. The van der Waals surface area contributed by atoms with Crippen LogP contribution in [0.5, 0.6) is 5.75 Å². The Bertz CT molecular complexity index is 613. The summed E-state index contributed by atoms with van der Waals surface area (Å²) < 4.78 is 8.65. The van der Waals surface area contributed by atoms with E-state index in [1.807, 2.05) is 36.7 Å². The number of para-hydroxylation sites is 1. The molecule has 2 N–H and O–H groups in total. The van der Waals surface area contributed by atoms with Gasteiger partial charge in [-0.3, -0.25) is 4.68 Å². The molecule has 0 fully saturated rings. The summed E-state index contributed by atoms with van der Waals surface area (Å²) in [5.74, 6) is 0.757. The lowest BCUT2D eigenvalue weighted by molar-refractivity contribution is 0.288. The van der Waals surface area contributed by atoms with Gasteiger partial charge in [-0.25, -0.2) is 0 Å². The van der Waals surface area contributed by atoms with Gasteiger partial charge in [0, 0.05) is 18.7 Å². The molecule has 0 atom stereocenters. The van der Waals surface area contributed by atoms with Gasteiger partial charge in [-0.1, -0.05) is 23.7 Å². The van der Waals surface area contributed by atoms with Crippen molar-refractivity contribution in [2.45, 2.75) is 33.5 Å². The fourth-order valence-corrected chi connectivity index (χ4v) is 2.73. The van der Waals surface area contributed by atoms with E-state index in [9.17, 15) is 0 Å². The number of hydrogen-bond acceptors (Lipinski definition) is 3. The zero-order chi connectivity index (χ0) is 14.7. The second kappa shape index (κ2) is 6.61. The zero-order valence-electron chi connectivity index (χ0n) is 11.5. The molecule has 0 aliphatic carbocycles. The minimum Gasteiger partial charge on any atom is -0.486 e. The molecule has 0 saturated carbocycles. The number of nitrogens with two attached hydrogens (primary N) is 1. The Labute approximate surface area is 132 Å². The van der Waals surface area contributed by atoms with Gasteiger partial charge >= 0.3 is 0 Å². The molecule has 1 aromatic carbocycles. The molecule has 2 rings (SSSR count). The third-order valence-electron chi connectivity index (χ3n) is 3.07. The molecule has 0 aliphatic heterocycles. The number of hydrogen-bond donors (Lipinski definition) is 1. The summed E-state index contributed by atoms with van der Waals surface area (Å²) in [4.78, 5) is 0. The van der Waals surface area contributed by atoms with Crippen LogP contribution in [0, 0.1) is 6.92 Å². The molecular weight excluding hydrogens is 342 g/mol. The van der Waals surface area contributed by atoms with E-state index in [-0.39, 0.29) is 0 Å². The van der Waals surface area contributed by atoms with Crippen LogP contribution in [0.4, 0.5) is 0 Å². The zero-order valence-corrected chi connectivity index (χ0v) is 13.8. The van der Waals surface area contributed by atoms with Crippen molar-refractivity contribution < 1.29 is 4.74 Å². The molecule has 0 spiro atoms. The predicted molar refractivity (Wildman–Crippen MR) is 84.0 cm³/mol. The SMILES string of the molecule is CCn1nc(C)c(Cl)c1COc1c(Br)cccc1CN. The third kappa shape index (κ3) is 3.00. The molecule has 4 nitrogen and oxygen atoms in total. The van der Waals surface area contributed by atoms with Crippen molar-refractivity contribution >= 4 is 27.5 Å². The predicted octanol–water partition coefficient (Wildman–Crippen LogP) is 3.67. The molecule has 0 bridgehead atoms. The van der Waals surface area contributed by atoms with E-state index >= 15 is 0 Å². The van der Waals surface area contributed by atoms with Crippen LogP contribution in [0.3, 0.4) is 0 Å². The van der Waals surface area contributed by atoms with Crippen LogP contribution in [0.25, 0.3) is 0 Å². The maximum absolute atomic E-state index is 6.27. The first kappa shape index (κ1) is 15.4. The Balaban J connectivity index is 2.25. The largest absolute Gasteiger partial charge is 0.486 e. The van der Waals surface area contributed by atoms with E-state index in [4.69, 9.17) is 22.1 Å². The molecule has 20 heavy (non-hydrogen) atoms. The molecule has 0 aliphatic rings. The van der Waals surface area contributed by atoms with Crippen molar-refractivity contribution in [2.24, 2.45) is 5.73 Å². The molecule has 108 valence electrons. The van der Waals surface area contributed by atoms with Crippen LogP contribution in [0.2, 0.25) is 5.02 Å². The number of halogens is 2. The van der Waals surface area contributed by atoms with E-state index in [2.05, 4.69) is 21.0 Å². The van der Waals surface area contributed by atoms with Crippen LogP contribution in [-0.4, -0.2) is 9.78 Å². The summed E-state index contributed by atoms with van der Waals surface area (Å²) in [6.45, 7) is 5.46. The number of benzene rings is 1. The lowest BCUT2D eigenvalue weighted by atomic mass is 10.2. The van der Waals surface area contributed by atoms with Gasteiger partial charge in [0.05, 0.1) is 20.9 Å². The van der Waals surface area contributed by atoms with Crippen molar-refractivity contribution in [2.75, 3.05) is 0 Å². The maximum atomic E-state index is 6.27. The van der Waals surface area contributed by atoms with Gasteiger partial charge < -0.3 is 10.5 Å². The Morgan fingerprint density at radius 1 is 1.45 bits per heavy atom. The van der Waals surface area contributed by atoms with Gasteiger partial charge in [0.15, 0.2) is 0 Å². The van der Waals surface area contributed by atoms with Crippen LogP contribution in [0.15, 0.2) is 22.7 Å². The lowest BCUT2D eigenvalue weighted by Crippen LogP contribution is -2.08. The van der Waals surface area contributed by atoms with Crippen LogP contribution < -0.4 is 10.5 Å². The fraction of sp³-hybridized carbons (Fsp3) is 0.357. The fourth-order valence-electron chi connectivity index (χ4n) is 2.02. The topological polar surface area (TPSA) is 53.1 Å². The van der Waals surface area contributed by atoms with Crippen LogP contribution in [-0.2, 0) is 19.7 Å². The Hall–Kier alpha value is -1.04. The Kier molecular flexibility index (Phi) is 5.07. The standard InChI is InChI=1S/C14H17BrClN3O/c1-3-19-12(13(16)9(2)18-19)8-20-14-10(7-17)5-4-6-11(14)15/h4-6H,3,7-8,17H2,1-2H3. The van der Waals surface area contributed by atoms with E-state index in [1.165, 1.54) is 0 Å². The first-order valence-electron chi connectivity index (χ1n) is 6.40. The van der Waals surface area contributed by atoms with E-state index < -0.39 is 0 Å². The van der Waals surface area contributed by atoms with Crippen LogP contribution in [0.1, 0.15) is 23.9 Å².